The van der Waals surface area contributed by atoms with Gasteiger partial charge in [-0.15, -0.1) is 10.2 Å². The second-order valence-corrected chi connectivity index (χ2v) is 5.89. The third kappa shape index (κ3) is 2.11. The molecule has 0 amide bonds. The predicted molar refractivity (Wildman–Crippen MR) is 87.0 cm³/mol. The molecule has 0 N–H and O–H groups in total. The van der Waals surface area contributed by atoms with Gasteiger partial charge in [0.15, 0.2) is 5.82 Å². The van der Waals surface area contributed by atoms with Crippen LogP contribution in [0.5, 0.6) is 5.75 Å². The number of aromatic nitrogens is 3. The minimum absolute atomic E-state index is 0.0504. The maximum atomic E-state index is 10.8. The first-order valence-electron chi connectivity index (χ1n) is 6.74. The standard InChI is InChI=1S/C15H10N4O3S/c1-22-11-6-7-12-13(8-11)23-15-17-16-14(18(12)15)9-2-4-10(5-3-9)19(20)21/h2-8H,1H3. The highest BCUT2D eigenvalue weighted by Crippen LogP contribution is 2.32. The quantitative estimate of drug-likeness (QED) is 0.425. The van der Waals surface area contributed by atoms with Gasteiger partial charge in [-0.25, -0.2) is 0 Å². The van der Waals surface area contributed by atoms with E-state index in [0.717, 1.165) is 26.5 Å². The van der Waals surface area contributed by atoms with E-state index in [1.54, 1.807) is 19.2 Å². The smallest absolute Gasteiger partial charge is 0.269 e. The molecule has 2 heterocycles. The summed E-state index contributed by atoms with van der Waals surface area (Å²) in [6, 6.07) is 12.1. The third-order valence-corrected chi connectivity index (χ3v) is 4.57. The number of hydrogen-bond acceptors (Lipinski definition) is 6. The Kier molecular flexibility index (Phi) is 2.98. The predicted octanol–water partition coefficient (Wildman–Crippen LogP) is 3.53. The van der Waals surface area contributed by atoms with Gasteiger partial charge in [-0.1, -0.05) is 11.3 Å². The van der Waals surface area contributed by atoms with Crippen LogP contribution in [0.3, 0.4) is 0 Å². The summed E-state index contributed by atoms with van der Waals surface area (Å²) >= 11 is 1.52. The highest BCUT2D eigenvalue weighted by atomic mass is 32.1. The summed E-state index contributed by atoms with van der Waals surface area (Å²) in [4.78, 5) is 11.1. The lowest BCUT2D eigenvalue weighted by atomic mass is 10.2. The van der Waals surface area contributed by atoms with Crippen LogP contribution >= 0.6 is 11.3 Å². The first-order chi connectivity index (χ1) is 11.2. The fraction of sp³-hybridized carbons (Fsp3) is 0.0667. The highest BCUT2D eigenvalue weighted by Gasteiger charge is 2.15. The van der Waals surface area contributed by atoms with Crippen LogP contribution in [-0.2, 0) is 0 Å². The van der Waals surface area contributed by atoms with Gasteiger partial charge in [-0.3, -0.25) is 14.5 Å². The van der Waals surface area contributed by atoms with Gasteiger partial charge in [-0.2, -0.15) is 0 Å². The second-order valence-electron chi connectivity index (χ2n) is 4.88. The van der Waals surface area contributed by atoms with Crippen molar-refractivity contribution in [3.05, 3.63) is 52.6 Å². The van der Waals surface area contributed by atoms with Gasteiger partial charge < -0.3 is 4.74 Å². The Labute approximate surface area is 133 Å². The van der Waals surface area contributed by atoms with Gasteiger partial charge in [0.05, 0.1) is 22.2 Å². The number of thiazole rings is 1. The van der Waals surface area contributed by atoms with Gasteiger partial charge in [0, 0.05) is 17.7 Å². The molecule has 2 aromatic carbocycles. The lowest BCUT2D eigenvalue weighted by molar-refractivity contribution is -0.384. The highest BCUT2D eigenvalue weighted by molar-refractivity contribution is 7.23. The van der Waals surface area contributed by atoms with Gasteiger partial charge in [-0.05, 0) is 30.3 Å². The van der Waals surface area contributed by atoms with E-state index in [0.29, 0.717) is 5.82 Å². The van der Waals surface area contributed by atoms with Crippen molar-refractivity contribution in [1.29, 1.82) is 0 Å². The van der Waals surface area contributed by atoms with Crippen molar-refractivity contribution in [3.63, 3.8) is 0 Å². The minimum atomic E-state index is -0.421. The van der Waals surface area contributed by atoms with E-state index in [-0.39, 0.29) is 5.69 Å². The van der Waals surface area contributed by atoms with Crippen LogP contribution in [0.2, 0.25) is 0 Å². The van der Waals surface area contributed by atoms with Crippen molar-refractivity contribution in [3.8, 4) is 17.1 Å². The molecule has 2 aromatic heterocycles. The zero-order chi connectivity index (χ0) is 16.0. The summed E-state index contributed by atoms with van der Waals surface area (Å²) in [5, 5.41) is 19.2. The molecule has 114 valence electrons. The van der Waals surface area contributed by atoms with E-state index in [1.807, 2.05) is 22.6 Å². The van der Waals surface area contributed by atoms with E-state index in [1.165, 1.54) is 23.5 Å². The van der Waals surface area contributed by atoms with Gasteiger partial charge >= 0.3 is 0 Å². The average Bonchev–Trinajstić information content (AvgIpc) is 3.13. The van der Waals surface area contributed by atoms with E-state index in [2.05, 4.69) is 10.2 Å². The molecule has 0 bridgehead atoms. The fourth-order valence-corrected chi connectivity index (χ4v) is 3.45. The summed E-state index contributed by atoms with van der Waals surface area (Å²) < 4.78 is 8.23. The minimum Gasteiger partial charge on any atom is -0.497 e. The van der Waals surface area contributed by atoms with E-state index >= 15 is 0 Å². The number of benzene rings is 2. The third-order valence-electron chi connectivity index (χ3n) is 3.58. The number of ether oxygens (including phenoxy) is 1. The van der Waals surface area contributed by atoms with Gasteiger partial charge in [0.2, 0.25) is 4.96 Å². The van der Waals surface area contributed by atoms with Crippen molar-refractivity contribution in [2.24, 2.45) is 0 Å². The zero-order valence-electron chi connectivity index (χ0n) is 12.0. The Balaban J connectivity index is 1.91. The number of nitrogens with zero attached hydrogens (tertiary/aromatic N) is 4. The molecule has 0 spiro atoms. The van der Waals surface area contributed by atoms with Gasteiger partial charge in [0.25, 0.3) is 5.69 Å². The Hall–Kier alpha value is -3.00. The Morgan fingerprint density at radius 2 is 1.96 bits per heavy atom. The van der Waals surface area contributed by atoms with Crippen LogP contribution in [0.15, 0.2) is 42.5 Å². The van der Waals surface area contributed by atoms with Crippen LogP contribution in [-0.4, -0.2) is 26.6 Å². The maximum absolute atomic E-state index is 10.8. The number of nitro benzene ring substituents is 1. The molecule has 0 fully saturated rings. The molecule has 0 saturated heterocycles. The summed E-state index contributed by atoms with van der Waals surface area (Å²) in [6.45, 7) is 0. The molecule has 0 atom stereocenters. The maximum Gasteiger partial charge on any atom is 0.269 e. The molecule has 0 aliphatic rings. The molecule has 0 aliphatic carbocycles. The fourth-order valence-electron chi connectivity index (χ4n) is 2.46. The lowest BCUT2D eigenvalue weighted by Gasteiger charge is -2.01. The number of fused-ring (bicyclic) bond motifs is 3. The molecule has 0 aliphatic heterocycles. The topological polar surface area (TPSA) is 82.6 Å². The molecule has 23 heavy (non-hydrogen) atoms. The monoisotopic (exact) mass is 326 g/mol. The van der Waals surface area contributed by atoms with Crippen molar-refractivity contribution >= 4 is 32.2 Å². The van der Waals surface area contributed by atoms with Crippen LogP contribution in [0.4, 0.5) is 5.69 Å². The molecule has 4 rings (SSSR count). The number of nitro groups is 1. The molecular formula is C15H10N4O3S. The van der Waals surface area contributed by atoms with Crippen LogP contribution in [0, 0.1) is 10.1 Å². The first kappa shape index (κ1) is 13.6. The normalized spacial score (nSPS) is 11.2. The first-order valence-corrected chi connectivity index (χ1v) is 7.55. The van der Waals surface area contributed by atoms with Crippen LogP contribution in [0.25, 0.3) is 26.6 Å². The number of hydrogen-bond donors (Lipinski definition) is 0. The van der Waals surface area contributed by atoms with Crippen LogP contribution < -0.4 is 4.74 Å². The van der Waals surface area contributed by atoms with Crippen LogP contribution in [0.1, 0.15) is 0 Å². The van der Waals surface area contributed by atoms with E-state index in [9.17, 15) is 10.1 Å². The number of non-ortho nitro benzene ring substituents is 1. The molecular weight excluding hydrogens is 316 g/mol. The van der Waals surface area contributed by atoms with Crippen molar-refractivity contribution < 1.29 is 9.66 Å². The molecule has 0 saturated carbocycles. The number of methoxy groups -OCH3 is 1. The SMILES string of the molecule is COc1ccc2c(c1)sc1nnc(-c3ccc([N+](=O)[O-])cc3)n12. The van der Waals surface area contributed by atoms with E-state index in [4.69, 9.17) is 4.74 Å². The molecule has 7 nitrogen and oxygen atoms in total. The molecule has 8 heteroatoms. The summed E-state index contributed by atoms with van der Waals surface area (Å²) in [5.74, 6) is 1.44. The van der Waals surface area contributed by atoms with Crippen molar-refractivity contribution in [1.82, 2.24) is 14.6 Å². The molecule has 0 radical (unpaired) electrons. The summed E-state index contributed by atoms with van der Waals surface area (Å²) in [7, 11) is 1.63. The van der Waals surface area contributed by atoms with E-state index < -0.39 is 4.92 Å². The Morgan fingerprint density at radius 3 is 2.65 bits per heavy atom. The largest absolute Gasteiger partial charge is 0.497 e. The number of rotatable bonds is 3. The molecule has 0 unspecified atom stereocenters. The average molecular weight is 326 g/mol. The molecule has 4 aromatic rings. The second kappa shape index (κ2) is 5.03. The zero-order valence-corrected chi connectivity index (χ0v) is 12.8. The summed E-state index contributed by atoms with van der Waals surface area (Å²) in [6.07, 6.45) is 0. The van der Waals surface area contributed by atoms with Crippen molar-refractivity contribution in [2.45, 2.75) is 0 Å². The Morgan fingerprint density at radius 1 is 1.17 bits per heavy atom. The van der Waals surface area contributed by atoms with Crippen molar-refractivity contribution in [2.75, 3.05) is 7.11 Å². The van der Waals surface area contributed by atoms with Gasteiger partial charge in [0.1, 0.15) is 5.75 Å². The lowest BCUT2D eigenvalue weighted by Crippen LogP contribution is -1.90. The Bertz CT molecular complexity index is 1040. The summed E-state index contributed by atoms with van der Waals surface area (Å²) in [5.41, 5.74) is 1.80.